The fraction of sp³-hybridized carbons (Fsp3) is 0.125. The van der Waals surface area contributed by atoms with Gasteiger partial charge in [-0.1, -0.05) is 48.5 Å². The summed E-state index contributed by atoms with van der Waals surface area (Å²) in [5, 5.41) is 2.64. The number of hydrogen-bond donors (Lipinski definition) is 1. The summed E-state index contributed by atoms with van der Waals surface area (Å²) in [6.45, 7) is -0.602. The standard InChI is InChI=1S/C24H20FNO5/c1-30-21-13-12-18(14-19(21)25)20(27)15-31-24(29)22(16-8-4-2-5-9-16)26-23(28)17-10-6-3-7-11-17/h2-14,22H,15H2,1H3,(H,26,28). The van der Waals surface area contributed by atoms with Crippen molar-refractivity contribution in [3.63, 3.8) is 0 Å². The van der Waals surface area contributed by atoms with Gasteiger partial charge in [0.1, 0.15) is 0 Å². The minimum atomic E-state index is -1.12. The van der Waals surface area contributed by atoms with E-state index >= 15 is 0 Å². The Morgan fingerprint density at radius 1 is 0.903 bits per heavy atom. The molecule has 3 rings (SSSR count). The van der Waals surface area contributed by atoms with Crippen molar-refractivity contribution in [3.8, 4) is 5.75 Å². The molecule has 0 spiro atoms. The lowest BCUT2D eigenvalue weighted by molar-refractivity contribution is -0.145. The summed E-state index contributed by atoms with van der Waals surface area (Å²) in [4.78, 5) is 37.6. The van der Waals surface area contributed by atoms with Gasteiger partial charge >= 0.3 is 5.97 Å². The van der Waals surface area contributed by atoms with Crippen LogP contribution in [-0.4, -0.2) is 31.4 Å². The van der Waals surface area contributed by atoms with E-state index in [0.29, 0.717) is 11.1 Å². The van der Waals surface area contributed by atoms with Gasteiger partial charge in [-0.15, -0.1) is 0 Å². The molecule has 0 saturated heterocycles. The number of Topliss-reactive ketones (excluding diaryl/α,β-unsaturated/α-hetero) is 1. The number of halogens is 1. The summed E-state index contributed by atoms with van der Waals surface area (Å²) in [6, 6.07) is 19.5. The molecule has 0 fully saturated rings. The number of ketones is 1. The topological polar surface area (TPSA) is 81.7 Å². The van der Waals surface area contributed by atoms with Crippen LogP contribution in [0.3, 0.4) is 0 Å². The Hall–Kier alpha value is -4.00. The molecule has 1 unspecified atom stereocenters. The largest absolute Gasteiger partial charge is 0.494 e. The Bertz CT molecular complexity index is 1070. The first-order chi connectivity index (χ1) is 15.0. The number of methoxy groups -OCH3 is 1. The molecular formula is C24H20FNO5. The monoisotopic (exact) mass is 421 g/mol. The van der Waals surface area contributed by atoms with Crippen LogP contribution >= 0.6 is 0 Å². The van der Waals surface area contributed by atoms with Crippen LogP contribution in [0.1, 0.15) is 32.3 Å². The molecule has 1 N–H and O–H groups in total. The highest BCUT2D eigenvalue weighted by molar-refractivity contribution is 5.99. The van der Waals surface area contributed by atoms with Gasteiger partial charge in [0.15, 0.2) is 30.0 Å². The van der Waals surface area contributed by atoms with Crippen molar-refractivity contribution in [3.05, 3.63) is 101 Å². The lowest BCUT2D eigenvalue weighted by Gasteiger charge is -2.18. The van der Waals surface area contributed by atoms with Crippen LogP contribution < -0.4 is 10.1 Å². The second-order valence-corrected chi connectivity index (χ2v) is 6.56. The van der Waals surface area contributed by atoms with Gasteiger partial charge in [0.25, 0.3) is 5.91 Å². The minimum Gasteiger partial charge on any atom is -0.494 e. The van der Waals surface area contributed by atoms with Crippen LogP contribution in [0.5, 0.6) is 5.75 Å². The second kappa shape index (κ2) is 10.2. The number of esters is 1. The third kappa shape index (κ3) is 5.54. The van der Waals surface area contributed by atoms with E-state index in [1.165, 1.54) is 19.2 Å². The molecule has 6 nitrogen and oxygen atoms in total. The predicted molar refractivity (Wildman–Crippen MR) is 111 cm³/mol. The summed E-state index contributed by atoms with van der Waals surface area (Å²) in [7, 11) is 1.31. The molecule has 31 heavy (non-hydrogen) atoms. The van der Waals surface area contributed by atoms with Gasteiger partial charge < -0.3 is 14.8 Å². The molecule has 0 heterocycles. The molecule has 0 bridgehead atoms. The highest BCUT2D eigenvalue weighted by Crippen LogP contribution is 2.19. The normalized spacial score (nSPS) is 11.3. The van der Waals surface area contributed by atoms with Crippen LogP contribution in [0.2, 0.25) is 0 Å². The van der Waals surface area contributed by atoms with Gasteiger partial charge in [-0.3, -0.25) is 9.59 Å². The van der Waals surface area contributed by atoms with Crippen molar-refractivity contribution in [2.45, 2.75) is 6.04 Å². The van der Waals surface area contributed by atoms with Crippen LogP contribution in [0.25, 0.3) is 0 Å². The number of rotatable bonds is 8. The van der Waals surface area contributed by atoms with Crippen molar-refractivity contribution in [1.82, 2.24) is 5.32 Å². The zero-order chi connectivity index (χ0) is 22.2. The van der Waals surface area contributed by atoms with E-state index in [2.05, 4.69) is 5.32 Å². The Morgan fingerprint density at radius 2 is 1.55 bits per heavy atom. The smallest absolute Gasteiger partial charge is 0.333 e. The van der Waals surface area contributed by atoms with Gasteiger partial charge in [-0.05, 0) is 35.9 Å². The van der Waals surface area contributed by atoms with Gasteiger partial charge in [0, 0.05) is 11.1 Å². The lowest BCUT2D eigenvalue weighted by atomic mass is 10.1. The molecule has 0 radical (unpaired) electrons. The first-order valence-electron chi connectivity index (χ1n) is 9.44. The first kappa shape index (κ1) is 21.7. The molecule has 0 aliphatic heterocycles. The van der Waals surface area contributed by atoms with Crippen molar-refractivity contribution >= 4 is 17.7 Å². The van der Waals surface area contributed by atoms with Crippen molar-refractivity contribution < 1.29 is 28.2 Å². The van der Waals surface area contributed by atoms with Crippen LogP contribution in [0, 0.1) is 5.82 Å². The molecule has 0 aliphatic carbocycles. The summed E-state index contributed by atoms with van der Waals surface area (Å²) < 4.78 is 23.8. The van der Waals surface area contributed by atoms with E-state index in [1.807, 2.05) is 0 Å². The Labute approximate surface area is 178 Å². The number of ether oxygens (including phenoxy) is 2. The van der Waals surface area contributed by atoms with Crippen molar-refractivity contribution in [2.75, 3.05) is 13.7 Å². The molecule has 158 valence electrons. The molecule has 7 heteroatoms. The number of amides is 1. The third-order valence-electron chi connectivity index (χ3n) is 4.50. The number of carbonyl (C=O) groups excluding carboxylic acids is 3. The fourth-order valence-corrected chi connectivity index (χ4v) is 2.87. The SMILES string of the molecule is COc1ccc(C(=O)COC(=O)C(NC(=O)c2ccccc2)c2ccccc2)cc1F. The first-order valence-corrected chi connectivity index (χ1v) is 9.44. The number of carbonyl (C=O) groups is 3. The third-order valence-corrected chi connectivity index (χ3v) is 4.50. The fourth-order valence-electron chi connectivity index (χ4n) is 2.87. The molecule has 0 aromatic heterocycles. The molecule has 3 aromatic rings. The summed E-state index contributed by atoms with van der Waals surface area (Å²) >= 11 is 0. The molecule has 3 aromatic carbocycles. The van der Waals surface area contributed by atoms with E-state index in [1.54, 1.807) is 60.7 Å². The van der Waals surface area contributed by atoms with Gasteiger partial charge in [0.2, 0.25) is 0 Å². The molecule has 1 amide bonds. The lowest BCUT2D eigenvalue weighted by Crippen LogP contribution is -2.35. The molecule has 0 saturated carbocycles. The Kier molecular flexibility index (Phi) is 7.11. The van der Waals surface area contributed by atoms with E-state index in [4.69, 9.17) is 9.47 Å². The summed E-state index contributed by atoms with van der Waals surface area (Å²) in [5.74, 6) is -2.55. The Balaban J connectivity index is 1.72. The van der Waals surface area contributed by atoms with Crippen LogP contribution in [0.4, 0.5) is 4.39 Å². The van der Waals surface area contributed by atoms with E-state index in [9.17, 15) is 18.8 Å². The quantitative estimate of drug-likeness (QED) is 0.443. The van der Waals surface area contributed by atoms with Gasteiger partial charge in [-0.25, -0.2) is 9.18 Å². The average molecular weight is 421 g/mol. The highest BCUT2D eigenvalue weighted by Gasteiger charge is 2.25. The van der Waals surface area contributed by atoms with E-state index < -0.39 is 36.1 Å². The highest BCUT2D eigenvalue weighted by atomic mass is 19.1. The van der Waals surface area contributed by atoms with Crippen LogP contribution in [-0.2, 0) is 9.53 Å². The van der Waals surface area contributed by atoms with Crippen molar-refractivity contribution in [1.29, 1.82) is 0 Å². The van der Waals surface area contributed by atoms with Gasteiger partial charge in [-0.2, -0.15) is 0 Å². The average Bonchev–Trinajstić information content (AvgIpc) is 2.81. The maximum Gasteiger partial charge on any atom is 0.333 e. The maximum absolute atomic E-state index is 13.8. The number of nitrogens with one attached hydrogen (secondary N) is 1. The zero-order valence-electron chi connectivity index (χ0n) is 16.7. The van der Waals surface area contributed by atoms with Crippen LogP contribution in [0.15, 0.2) is 78.9 Å². The van der Waals surface area contributed by atoms with E-state index in [-0.39, 0.29) is 11.3 Å². The van der Waals surface area contributed by atoms with Gasteiger partial charge in [0.05, 0.1) is 7.11 Å². The number of benzene rings is 3. The maximum atomic E-state index is 13.8. The molecule has 1 atom stereocenters. The minimum absolute atomic E-state index is 0.00121. The van der Waals surface area contributed by atoms with Crippen molar-refractivity contribution in [2.24, 2.45) is 0 Å². The molecular weight excluding hydrogens is 401 g/mol. The van der Waals surface area contributed by atoms with E-state index in [0.717, 1.165) is 6.07 Å². The number of hydrogen-bond acceptors (Lipinski definition) is 5. The summed E-state index contributed by atoms with van der Waals surface area (Å²) in [5.41, 5.74) is 0.913. The Morgan fingerprint density at radius 3 is 2.16 bits per heavy atom. The summed E-state index contributed by atoms with van der Waals surface area (Å²) in [6.07, 6.45) is 0. The predicted octanol–water partition coefficient (Wildman–Crippen LogP) is 3.73. The zero-order valence-corrected chi connectivity index (χ0v) is 16.7. The second-order valence-electron chi connectivity index (χ2n) is 6.56. The molecule has 0 aliphatic rings.